The number of hydrogen-bond acceptors (Lipinski definition) is 3. The second-order valence-corrected chi connectivity index (χ2v) is 3.88. The molecule has 0 saturated heterocycles. The van der Waals surface area contributed by atoms with Crippen LogP contribution in [0.1, 0.15) is 34.1 Å². The number of nitrogens with one attached hydrogen (secondary N) is 1. The van der Waals surface area contributed by atoms with Crippen LogP contribution in [0.5, 0.6) is 0 Å². The van der Waals surface area contributed by atoms with E-state index in [1.54, 1.807) is 20.8 Å². The van der Waals surface area contributed by atoms with Gasteiger partial charge in [0.05, 0.1) is 0 Å². The van der Waals surface area contributed by atoms with E-state index in [1.807, 2.05) is 0 Å². The average Bonchev–Trinajstić information content (AvgIpc) is 1.81. The molecule has 0 bridgehead atoms. The molecule has 0 fully saturated rings. The summed E-state index contributed by atoms with van der Waals surface area (Å²) in [5.41, 5.74) is -0.486. The van der Waals surface area contributed by atoms with Gasteiger partial charge in [0.15, 0.2) is 0 Å². The van der Waals surface area contributed by atoms with Gasteiger partial charge in [-0.3, -0.25) is 4.79 Å². The number of carbonyl (C=O) groups excluding carboxylic acids is 2. The molecule has 0 aromatic rings. The third kappa shape index (κ3) is 8.85. The lowest BCUT2D eigenvalue weighted by atomic mass is 10.2. The Morgan fingerprint density at radius 3 is 2.23 bits per heavy atom. The molecule has 0 unspecified atom stereocenters. The van der Waals surface area contributed by atoms with Gasteiger partial charge < -0.3 is 10.1 Å². The first-order valence-corrected chi connectivity index (χ1v) is 4.27. The summed E-state index contributed by atoms with van der Waals surface area (Å²) in [6.45, 7) is 7.19. The topological polar surface area (TPSA) is 55.4 Å². The van der Waals surface area contributed by atoms with Crippen LogP contribution < -0.4 is 5.32 Å². The zero-order chi connectivity index (χ0) is 10.5. The molecule has 0 rings (SSSR count). The van der Waals surface area contributed by atoms with Crippen molar-refractivity contribution in [3.63, 3.8) is 0 Å². The molecule has 0 radical (unpaired) electrons. The smallest absolute Gasteiger partial charge is 0.407 e. The van der Waals surface area contributed by atoms with Gasteiger partial charge in [0, 0.05) is 13.0 Å². The summed E-state index contributed by atoms with van der Waals surface area (Å²) in [7, 11) is 0. The van der Waals surface area contributed by atoms with Crippen molar-refractivity contribution < 1.29 is 14.3 Å². The lowest BCUT2D eigenvalue weighted by molar-refractivity contribution is -0.116. The van der Waals surface area contributed by atoms with Gasteiger partial charge in [-0.2, -0.15) is 0 Å². The summed E-state index contributed by atoms with van der Waals surface area (Å²) in [4.78, 5) is 21.5. The fourth-order valence-electron chi connectivity index (χ4n) is 0.655. The molecule has 0 atom stereocenters. The van der Waals surface area contributed by atoms with Crippen LogP contribution in [0, 0.1) is 0 Å². The minimum Gasteiger partial charge on any atom is -0.444 e. The number of hydrogen-bond donors (Lipinski definition) is 1. The standard InChI is InChI=1S/C9H17NO3/c1-7(11)5-6-10-8(12)13-9(2,3)4/h5-6H2,1-4H3,(H,10,12). The molecule has 0 aliphatic heterocycles. The fraction of sp³-hybridized carbons (Fsp3) is 0.778. The van der Waals surface area contributed by atoms with Crippen LogP contribution in [0.15, 0.2) is 0 Å². The second kappa shape index (κ2) is 4.84. The Morgan fingerprint density at radius 1 is 1.31 bits per heavy atom. The molecule has 0 aliphatic carbocycles. The van der Waals surface area contributed by atoms with E-state index in [4.69, 9.17) is 4.74 Å². The summed E-state index contributed by atoms with van der Waals surface area (Å²) >= 11 is 0. The summed E-state index contributed by atoms with van der Waals surface area (Å²) < 4.78 is 4.96. The van der Waals surface area contributed by atoms with E-state index in [1.165, 1.54) is 6.92 Å². The van der Waals surface area contributed by atoms with E-state index in [0.29, 0.717) is 13.0 Å². The molecule has 0 aromatic carbocycles. The van der Waals surface area contributed by atoms with Crippen molar-refractivity contribution in [2.24, 2.45) is 0 Å². The zero-order valence-electron chi connectivity index (χ0n) is 8.64. The number of carbonyl (C=O) groups is 2. The molecule has 1 N–H and O–H groups in total. The number of ketones is 1. The van der Waals surface area contributed by atoms with Gasteiger partial charge in [-0.25, -0.2) is 4.79 Å². The predicted molar refractivity (Wildman–Crippen MR) is 49.5 cm³/mol. The minimum absolute atomic E-state index is 0.0519. The maximum absolute atomic E-state index is 11.0. The Hall–Kier alpha value is -1.06. The van der Waals surface area contributed by atoms with Crippen molar-refractivity contribution in [1.82, 2.24) is 5.32 Å². The lowest BCUT2D eigenvalue weighted by Crippen LogP contribution is -2.33. The van der Waals surface area contributed by atoms with E-state index in [9.17, 15) is 9.59 Å². The molecule has 76 valence electrons. The maximum Gasteiger partial charge on any atom is 0.407 e. The van der Waals surface area contributed by atoms with Crippen molar-refractivity contribution in [2.75, 3.05) is 6.54 Å². The van der Waals surface area contributed by atoms with Gasteiger partial charge in [-0.05, 0) is 27.7 Å². The van der Waals surface area contributed by atoms with Gasteiger partial charge in [0.1, 0.15) is 11.4 Å². The third-order valence-electron chi connectivity index (χ3n) is 1.15. The van der Waals surface area contributed by atoms with Crippen molar-refractivity contribution in [1.29, 1.82) is 0 Å². The Labute approximate surface area is 78.6 Å². The Morgan fingerprint density at radius 2 is 1.85 bits per heavy atom. The number of ether oxygens (including phenoxy) is 1. The average molecular weight is 187 g/mol. The van der Waals surface area contributed by atoms with Gasteiger partial charge in [-0.15, -0.1) is 0 Å². The highest BCUT2D eigenvalue weighted by Crippen LogP contribution is 2.06. The quantitative estimate of drug-likeness (QED) is 0.728. The molecule has 1 amide bonds. The Balaban J connectivity index is 3.59. The van der Waals surface area contributed by atoms with Gasteiger partial charge >= 0.3 is 6.09 Å². The molecule has 0 aliphatic rings. The summed E-state index contributed by atoms with van der Waals surface area (Å²) in [5, 5.41) is 2.49. The van der Waals surface area contributed by atoms with E-state index in [-0.39, 0.29) is 5.78 Å². The second-order valence-electron chi connectivity index (χ2n) is 3.88. The Kier molecular flexibility index (Phi) is 4.45. The van der Waals surface area contributed by atoms with Crippen LogP contribution in [-0.4, -0.2) is 24.0 Å². The van der Waals surface area contributed by atoms with Crippen LogP contribution in [-0.2, 0) is 9.53 Å². The number of Topliss-reactive ketones (excluding diaryl/α,β-unsaturated/α-hetero) is 1. The molecule has 0 aromatic heterocycles. The van der Waals surface area contributed by atoms with E-state index < -0.39 is 11.7 Å². The van der Waals surface area contributed by atoms with Crippen LogP contribution >= 0.6 is 0 Å². The van der Waals surface area contributed by atoms with Gasteiger partial charge in [-0.1, -0.05) is 0 Å². The predicted octanol–water partition coefficient (Wildman–Crippen LogP) is 1.49. The highest BCUT2D eigenvalue weighted by molar-refractivity contribution is 5.76. The normalized spacial score (nSPS) is 10.8. The van der Waals surface area contributed by atoms with Gasteiger partial charge in [0.2, 0.25) is 0 Å². The van der Waals surface area contributed by atoms with Crippen LogP contribution in [0.3, 0.4) is 0 Å². The first-order chi connectivity index (χ1) is 5.81. The highest BCUT2D eigenvalue weighted by atomic mass is 16.6. The number of amides is 1. The van der Waals surface area contributed by atoms with E-state index >= 15 is 0 Å². The Bertz CT molecular complexity index is 194. The first-order valence-electron chi connectivity index (χ1n) is 4.27. The first kappa shape index (κ1) is 11.9. The number of alkyl carbamates (subject to hydrolysis) is 1. The molecular formula is C9H17NO3. The summed E-state index contributed by atoms with van der Waals surface area (Å²) in [6, 6.07) is 0. The van der Waals surface area contributed by atoms with E-state index in [2.05, 4.69) is 5.32 Å². The third-order valence-corrected chi connectivity index (χ3v) is 1.15. The van der Waals surface area contributed by atoms with Crippen molar-refractivity contribution in [2.45, 2.75) is 39.7 Å². The van der Waals surface area contributed by atoms with Crippen LogP contribution in [0.2, 0.25) is 0 Å². The SMILES string of the molecule is CC(=O)CCNC(=O)OC(C)(C)C. The summed E-state index contributed by atoms with van der Waals surface area (Å²) in [6.07, 6.45) is -0.132. The monoisotopic (exact) mass is 187 g/mol. The van der Waals surface area contributed by atoms with E-state index in [0.717, 1.165) is 0 Å². The molecule has 13 heavy (non-hydrogen) atoms. The number of rotatable bonds is 3. The molecule has 0 saturated carbocycles. The van der Waals surface area contributed by atoms with Crippen LogP contribution in [0.4, 0.5) is 4.79 Å². The molecular weight excluding hydrogens is 170 g/mol. The summed E-state index contributed by atoms with van der Waals surface area (Å²) in [5.74, 6) is 0.0519. The molecule has 4 heteroatoms. The van der Waals surface area contributed by atoms with Crippen molar-refractivity contribution >= 4 is 11.9 Å². The van der Waals surface area contributed by atoms with Gasteiger partial charge in [0.25, 0.3) is 0 Å². The zero-order valence-corrected chi connectivity index (χ0v) is 8.64. The molecule has 4 nitrogen and oxygen atoms in total. The lowest BCUT2D eigenvalue weighted by Gasteiger charge is -2.19. The molecule has 0 heterocycles. The maximum atomic E-state index is 11.0. The van der Waals surface area contributed by atoms with Crippen LogP contribution in [0.25, 0.3) is 0 Å². The van der Waals surface area contributed by atoms with Crippen molar-refractivity contribution in [3.8, 4) is 0 Å². The minimum atomic E-state index is -0.486. The molecule has 0 spiro atoms. The fourth-order valence-corrected chi connectivity index (χ4v) is 0.655. The van der Waals surface area contributed by atoms with Crippen molar-refractivity contribution in [3.05, 3.63) is 0 Å². The highest BCUT2D eigenvalue weighted by Gasteiger charge is 2.15. The largest absolute Gasteiger partial charge is 0.444 e.